The van der Waals surface area contributed by atoms with Crippen molar-refractivity contribution in [1.29, 1.82) is 0 Å². The summed E-state index contributed by atoms with van der Waals surface area (Å²) in [5.41, 5.74) is 1.33. The molecule has 1 fully saturated rings. The summed E-state index contributed by atoms with van der Waals surface area (Å²) >= 11 is 0. The molecule has 0 aromatic heterocycles. The Morgan fingerprint density at radius 1 is 1.53 bits per heavy atom. The molecule has 2 rings (SSSR count). The lowest BCUT2D eigenvalue weighted by Gasteiger charge is -2.23. The van der Waals surface area contributed by atoms with Gasteiger partial charge in [-0.1, -0.05) is 18.2 Å². The van der Waals surface area contributed by atoms with Crippen molar-refractivity contribution < 1.29 is 14.6 Å². The second-order valence-electron chi connectivity index (χ2n) is 3.87. The van der Waals surface area contributed by atoms with Crippen LogP contribution in [-0.2, 0) is 16.1 Å². The molecular weight excluding hydrogens is 220 g/mol. The van der Waals surface area contributed by atoms with Gasteiger partial charge in [0.2, 0.25) is 0 Å². The number of amides is 1. The van der Waals surface area contributed by atoms with Gasteiger partial charge >= 0.3 is 0 Å². The number of carbonyl (C=O) groups is 1. The minimum atomic E-state index is -0.463. The summed E-state index contributed by atoms with van der Waals surface area (Å²) in [5.74, 6) is -0.182. The van der Waals surface area contributed by atoms with Gasteiger partial charge in [0.15, 0.2) is 0 Å². The van der Waals surface area contributed by atoms with Crippen LogP contribution in [0.2, 0.25) is 0 Å². The SMILES string of the molecule is O=C(Nc1ccccc1CO)C1CNCCO1. The number of aliphatic hydroxyl groups excluding tert-OH is 1. The maximum atomic E-state index is 11.9. The Bertz CT molecular complexity index is 389. The van der Waals surface area contributed by atoms with Crippen molar-refractivity contribution in [1.82, 2.24) is 5.32 Å². The van der Waals surface area contributed by atoms with E-state index in [0.29, 0.717) is 24.4 Å². The quantitative estimate of drug-likeness (QED) is 0.696. The molecule has 0 spiro atoms. The van der Waals surface area contributed by atoms with Gasteiger partial charge in [0.05, 0.1) is 13.2 Å². The van der Waals surface area contributed by atoms with E-state index >= 15 is 0 Å². The molecule has 0 radical (unpaired) electrons. The highest BCUT2D eigenvalue weighted by Gasteiger charge is 2.22. The van der Waals surface area contributed by atoms with Crippen molar-refractivity contribution in [2.45, 2.75) is 12.7 Å². The molecule has 1 aromatic rings. The highest BCUT2D eigenvalue weighted by atomic mass is 16.5. The van der Waals surface area contributed by atoms with E-state index in [1.165, 1.54) is 0 Å². The second-order valence-corrected chi connectivity index (χ2v) is 3.87. The number of hydrogen-bond donors (Lipinski definition) is 3. The molecule has 1 unspecified atom stereocenters. The van der Waals surface area contributed by atoms with Crippen LogP contribution in [-0.4, -0.2) is 36.8 Å². The summed E-state index contributed by atoms with van der Waals surface area (Å²) in [6.07, 6.45) is -0.463. The number of morpholine rings is 1. The monoisotopic (exact) mass is 236 g/mol. The van der Waals surface area contributed by atoms with Crippen LogP contribution < -0.4 is 10.6 Å². The standard InChI is InChI=1S/C12H16N2O3/c15-8-9-3-1-2-4-10(9)14-12(16)11-7-13-5-6-17-11/h1-4,11,13,15H,5-8H2,(H,14,16). The van der Waals surface area contributed by atoms with Gasteiger partial charge in [-0.3, -0.25) is 4.79 Å². The number of nitrogens with one attached hydrogen (secondary N) is 2. The summed E-state index contributed by atoms with van der Waals surface area (Å²) in [5, 5.41) is 15.0. The van der Waals surface area contributed by atoms with Gasteiger partial charge < -0.3 is 20.5 Å². The molecule has 1 amide bonds. The lowest BCUT2D eigenvalue weighted by Crippen LogP contribution is -2.45. The average Bonchev–Trinajstić information content (AvgIpc) is 2.40. The topological polar surface area (TPSA) is 70.6 Å². The minimum Gasteiger partial charge on any atom is -0.392 e. The van der Waals surface area contributed by atoms with Crippen LogP contribution in [0.5, 0.6) is 0 Å². The maximum absolute atomic E-state index is 11.9. The molecule has 5 heteroatoms. The Balaban J connectivity index is 2.01. The summed E-state index contributed by atoms with van der Waals surface area (Å²) in [6.45, 7) is 1.74. The molecule has 1 atom stereocenters. The van der Waals surface area contributed by atoms with Crippen LogP contribution in [0.25, 0.3) is 0 Å². The zero-order valence-electron chi connectivity index (χ0n) is 9.48. The molecule has 1 saturated heterocycles. The predicted molar refractivity (Wildman–Crippen MR) is 63.6 cm³/mol. The molecule has 17 heavy (non-hydrogen) atoms. The van der Waals surface area contributed by atoms with E-state index in [4.69, 9.17) is 9.84 Å². The van der Waals surface area contributed by atoms with E-state index in [2.05, 4.69) is 10.6 Å². The number of benzene rings is 1. The Hall–Kier alpha value is -1.43. The molecular formula is C12H16N2O3. The van der Waals surface area contributed by atoms with Crippen molar-refractivity contribution in [3.8, 4) is 0 Å². The molecule has 0 saturated carbocycles. The molecule has 92 valence electrons. The summed E-state index contributed by atoms with van der Waals surface area (Å²) in [7, 11) is 0. The number of hydrogen-bond acceptors (Lipinski definition) is 4. The Morgan fingerprint density at radius 3 is 3.06 bits per heavy atom. The van der Waals surface area contributed by atoms with E-state index in [1.54, 1.807) is 12.1 Å². The molecule has 1 aliphatic rings. The molecule has 3 N–H and O–H groups in total. The van der Waals surface area contributed by atoms with Gasteiger partial charge in [-0.05, 0) is 6.07 Å². The van der Waals surface area contributed by atoms with Crippen LogP contribution in [0.1, 0.15) is 5.56 Å². The van der Waals surface area contributed by atoms with Gasteiger partial charge in [0.1, 0.15) is 6.10 Å². The molecule has 1 heterocycles. The number of ether oxygens (including phenoxy) is 1. The van der Waals surface area contributed by atoms with Gasteiger partial charge in [0, 0.05) is 24.3 Å². The van der Waals surface area contributed by atoms with Crippen molar-refractivity contribution in [2.24, 2.45) is 0 Å². The van der Waals surface area contributed by atoms with Gasteiger partial charge in [-0.2, -0.15) is 0 Å². The zero-order chi connectivity index (χ0) is 12.1. The van der Waals surface area contributed by atoms with E-state index in [-0.39, 0.29) is 12.5 Å². The van der Waals surface area contributed by atoms with Crippen LogP contribution in [0.15, 0.2) is 24.3 Å². The van der Waals surface area contributed by atoms with Gasteiger partial charge in [0.25, 0.3) is 5.91 Å². The fourth-order valence-electron chi connectivity index (χ4n) is 1.73. The number of carbonyl (C=O) groups excluding carboxylic acids is 1. The fourth-order valence-corrected chi connectivity index (χ4v) is 1.73. The summed E-state index contributed by atoms with van der Waals surface area (Å²) in [6, 6.07) is 7.17. The van der Waals surface area contributed by atoms with Crippen molar-refractivity contribution in [3.05, 3.63) is 29.8 Å². The van der Waals surface area contributed by atoms with Gasteiger partial charge in [-0.15, -0.1) is 0 Å². The highest BCUT2D eigenvalue weighted by Crippen LogP contribution is 2.15. The average molecular weight is 236 g/mol. The van der Waals surface area contributed by atoms with Crippen molar-refractivity contribution in [2.75, 3.05) is 25.0 Å². The van der Waals surface area contributed by atoms with Crippen LogP contribution in [0.4, 0.5) is 5.69 Å². The normalized spacial score (nSPS) is 19.9. The first-order valence-electron chi connectivity index (χ1n) is 5.63. The minimum absolute atomic E-state index is 0.0970. The molecule has 5 nitrogen and oxygen atoms in total. The predicted octanol–water partition coefficient (Wildman–Crippen LogP) is 0.106. The summed E-state index contributed by atoms with van der Waals surface area (Å²) in [4.78, 5) is 11.9. The van der Waals surface area contributed by atoms with E-state index in [1.807, 2.05) is 12.1 Å². The largest absolute Gasteiger partial charge is 0.392 e. The number of para-hydroxylation sites is 1. The molecule has 0 bridgehead atoms. The third-order valence-corrected chi connectivity index (χ3v) is 2.67. The van der Waals surface area contributed by atoms with E-state index in [9.17, 15) is 4.79 Å². The van der Waals surface area contributed by atoms with Crippen LogP contribution in [0.3, 0.4) is 0 Å². The molecule has 0 aliphatic carbocycles. The van der Waals surface area contributed by atoms with Crippen molar-refractivity contribution in [3.63, 3.8) is 0 Å². The van der Waals surface area contributed by atoms with E-state index < -0.39 is 6.10 Å². The first-order chi connectivity index (χ1) is 8.31. The van der Waals surface area contributed by atoms with Crippen molar-refractivity contribution >= 4 is 11.6 Å². The Labute approximate surface area is 99.8 Å². The fraction of sp³-hybridized carbons (Fsp3) is 0.417. The smallest absolute Gasteiger partial charge is 0.254 e. The van der Waals surface area contributed by atoms with Gasteiger partial charge in [-0.25, -0.2) is 0 Å². The number of anilines is 1. The van der Waals surface area contributed by atoms with Crippen LogP contribution in [0, 0.1) is 0 Å². The third kappa shape index (κ3) is 3.03. The van der Waals surface area contributed by atoms with E-state index in [0.717, 1.165) is 6.54 Å². The zero-order valence-corrected chi connectivity index (χ0v) is 9.48. The van der Waals surface area contributed by atoms with Crippen LogP contribution >= 0.6 is 0 Å². The lowest BCUT2D eigenvalue weighted by atomic mass is 10.2. The first-order valence-corrected chi connectivity index (χ1v) is 5.63. The molecule has 1 aliphatic heterocycles. The third-order valence-electron chi connectivity index (χ3n) is 2.67. The highest BCUT2D eigenvalue weighted by molar-refractivity contribution is 5.95. The molecule has 1 aromatic carbocycles. The Kier molecular flexibility index (Phi) is 4.08. The first kappa shape index (κ1) is 12.0. The maximum Gasteiger partial charge on any atom is 0.254 e. The number of rotatable bonds is 3. The lowest BCUT2D eigenvalue weighted by molar-refractivity contribution is -0.128. The number of aliphatic hydroxyl groups is 1. The second kappa shape index (κ2) is 5.77. The summed E-state index contributed by atoms with van der Waals surface area (Å²) < 4.78 is 5.35. The Morgan fingerprint density at radius 2 is 2.35 bits per heavy atom.